The van der Waals surface area contributed by atoms with Crippen molar-refractivity contribution in [2.45, 2.75) is 13.1 Å². The molecule has 4 rings (SSSR count). The van der Waals surface area contributed by atoms with Crippen LogP contribution in [0.3, 0.4) is 0 Å². The summed E-state index contributed by atoms with van der Waals surface area (Å²) in [5.74, 6) is 2.40. The van der Waals surface area contributed by atoms with Crippen molar-refractivity contribution in [2.24, 2.45) is 0 Å². The molecule has 0 saturated heterocycles. The Balaban J connectivity index is 1.43. The van der Waals surface area contributed by atoms with Crippen molar-refractivity contribution in [1.29, 1.82) is 0 Å². The van der Waals surface area contributed by atoms with E-state index in [1.165, 1.54) is 6.07 Å². The van der Waals surface area contributed by atoms with Gasteiger partial charge in [0, 0.05) is 18.7 Å². The topological polar surface area (TPSA) is 102 Å². The first kappa shape index (κ1) is 24.9. The Hall–Kier alpha value is -4.25. The largest absolute Gasteiger partial charge is 0.493 e. The highest BCUT2D eigenvalue weighted by Gasteiger charge is 2.13. The SMILES string of the molecule is COc1cc(CNc2cnc3ccc(NC(=S)NCc4ccccc4F)nc3n2)cc(OC)c1OC. The molecule has 0 aliphatic carbocycles. The standard InChI is InChI=1S/C25H25FN6O3S/c1-33-19-10-15(11-20(34-2)23(19)35-3)12-28-22-14-27-18-8-9-21(30-24(18)31-22)32-25(36)29-13-16-6-4-5-7-17(16)26/h4-11,14H,12-13H2,1-3H3,(H3,28,29,30,31,32,36). The van der Waals surface area contributed by atoms with Crippen molar-refractivity contribution < 1.29 is 18.6 Å². The maximum absolute atomic E-state index is 13.8. The van der Waals surface area contributed by atoms with Crippen LogP contribution in [0.25, 0.3) is 11.2 Å². The van der Waals surface area contributed by atoms with E-state index in [9.17, 15) is 4.39 Å². The average Bonchev–Trinajstić information content (AvgIpc) is 2.90. The molecule has 4 aromatic rings. The molecule has 0 radical (unpaired) electrons. The van der Waals surface area contributed by atoms with Crippen LogP contribution in [-0.4, -0.2) is 41.4 Å². The van der Waals surface area contributed by atoms with Crippen molar-refractivity contribution in [3.05, 3.63) is 71.7 Å². The zero-order valence-corrected chi connectivity index (χ0v) is 20.8. The third-order valence-electron chi connectivity index (χ3n) is 5.24. The van der Waals surface area contributed by atoms with Crippen molar-refractivity contribution in [2.75, 3.05) is 32.0 Å². The summed E-state index contributed by atoms with van der Waals surface area (Å²) in [6, 6.07) is 13.8. The minimum absolute atomic E-state index is 0.251. The van der Waals surface area contributed by atoms with E-state index in [1.54, 1.807) is 57.9 Å². The summed E-state index contributed by atoms with van der Waals surface area (Å²) in [6.07, 6.45) is 1.63. The van der Waals surface area contributed by atoms with E-state index in [2.05, 4.69) is 30.9 Å². The molecule has 0 aliphatic rings. The quantitative estimate of drug-likeness (QED) is 0.284. The molecule has 0 bridgehead atoms. The second kappa shape index (κ2) is 11.5. The zero-order valence-electron chi connectivity index (χ0n) is 20.0. The molecule has 2 aromatic carbocycles. The van der Waals surface area contributed by atoms with Gasteiger partial charge in [0.2, 0.25) is 5.75 Å². The van der Waals surface area contributed by atoms with Crippen LogP contribution in [-0.2, 0) is 13.1 Å². The number of fused-ring (bicyclic) bond motifs is 1. The minimum Gasteiger partial charge on any atom is -0.493 e. The summed E-state index contributed by atoms with van der Waals surface area (Å²) < 4.78 is 30.0. The number of hydrogen-bond donors (Lipinski definition) is 3. The Labute approximate surface area is 213 Å². The van der Waals surface area contributed by atoms with Gasteiger partial charge in [0.1, 0.15) is 23.0 Å². The Bertz CT molecular complexity index is 1360. The lowest BCUT2D eigenvalue weighted by Crippen LogP contribution is -2.28. The molecule has 0 saturated carbocycles. The highest BCUT2D eigenvalue weighted by atomic mass is 32.1. The highest BCUT2D eigenvalue weighted by molar-refractivity contribution is 7.80. The van der Waals surface area contributed by atoms with E-state index in [0.29, 0.717) is 57.3 Å². The van der Waals surface area contributed by atoms with Crippen LogP contribution in [0.4, 0.5) is 16.0 Å². The van der Waals surface area contributed by atoms with E-state index < -0.39 is 0 Å². The zero-order chi connectivity index (χ0) is 25.5. The first-order chi connectivity index (χ1) is 17.5. The summed E-state index contributed by atoms with van der Waals surface area (Å²) in [6.45, 7) is 0.694. The van der Waals surface area contributed by atoms with E-state index in [4.69, 9.17) is 26.4 Å². The lowest BCUT2D eigenvalue weighted by atomic mass is 10.2. The summed E-state index contributed by atoms with van der Waals surface area (Å²) in [5, 5.41) is 9.52. The predicted octanol–water partition coefficient (Wildman–Crippen LogP) is 4.29. The van der Waals surface area contributed by atoms with Gasteiger partial charge in [0.25, 0.3) is 0 Å². The molecule has 3 N–H and O–H groups in total. The maximum Gasteiger partial charge on any atom is 0.203 e. The fraction of sp³-hybridized carbons (Fsp3) is 0.200. The third-order valence-corrected chi connectivity index (χ3v) is 5.49. The molecule has 0 aliphatic heterocycles. The van der Waals surface area contributed by atoms with Gasteiger partial charge in [0.05, 0.1) is 27.5 Å². The van der Waals surface area contributed by atoms with Crippen LogP contribution in [0.15, 0.2) is 54.7 Å². The van der Waals surface area contributed by atoms with Gasteiger partial charge in [-0.1, -0.05) is 18.2 Å². The number of halogens is 1. The molecule has 0 unspecified atom stereocenters. The van der Waals surface area contributed by atoms with Gasteiger partial charge in [-0.15, -0.1) is 0 Å². The van der Waals surface area contributed by atoms with Crippen molar-refractivity contribution in [1.82, 2.24) is 20.3 Å². The molecule has 0 amide bonds. The summed E-state index contributed by atoms with van der Waals surface area (Å²) in [7, 11) is 4.70. The van der Waals surface area contributed by atoms with Crippen LogP contribution in [0.5, 0.6) is 17.2 Å². The molecule has 0 atom stereocenters. The van der Waals surface area contributed by atoms with Gasteiger partial charge in [-0.2, -0.15) is 0 Å². The van der Waals surface area contributed by atoms with Gasteiger partial charge < -0.3 is 30.2 Å². The number of hydrogen-bond acceptors (Lipinski definition) is 8. The third kappa shape index (κ3) is 5.87. The van der Waals surface area contributed by atoms with Crippen LogP contribution in [0.1, 0.15) is 11.1 Å². The number of aromatic nitrogens is 3. The normalized spacial score (nSPS) is 10.6. The second-order valence-electron chi connectivity index (χ2n) is 7.58. The number of rotatable bonds is 9. The maximum atomic E-state index is 13.8. The van der Waals surface area contributed by atoms with Gasteiger partial charge in [-0.05, 0) is 48.1 Å². The summed E-state index contributed by atoms with van der Waals surface area (Å²) in [5.41, 5.74) is 2.48. The molecule has 186 valence electrons. The average molecular weight is 509 g/mol. The molecular weight excluding hydrogens is 483 g/mol. The first-order valence-corrected chi connectivity index (χ1v) is 11.4. The molecule has 9 nitrogen and oxygen atoms in total. The first-order valence-electron chi connectivity index (χ1n) is 11.0. The van der Waals surface area contributed by atoms with Gasteiger partial charge in [0.15, 0.2) is 22.3 Å². The van der Waals surface area contributed by atoms with Crippen LogP contribution < -0.4 is 30.2 Å². The fourth-order valence-corrected chi connectivity index (χ4v) is 3.64. The summed E-state index contributed by atoms with van der Waals surface area (Å²) in [4.78, 5) is 13.5. The Morgan fingerprint density at radius 1 is 0.917 bits per heavy atom. The Kier molecular flexibility index (Phi) is 7.91. The van der Waals surface area contributed by atoms with Crippen molar-refractivity contribution >= 4 is 40.1 Å². The summed E-state index contributed by atoms with van der Waals surface area (Å²) >= 11 is 5.32. The number of nitrogens with one attached hydrogen (secondary N) is 3. The number of benzene rings is 2. The molecule has 36 heavy (non-hydrogen) atoms. The smallest absolute Gasteiger partial charge is 0.203 e. The molecule has 11 heteroatoms. The van der Waals surface area contributed by atoms with E-state index in [0.717, 1.165) is 5.56 Å². The Morgan fingerprint density at radius 2 is 1.64 bits per heavy atom. The number of nitrogens with zero attached hydrogens (tertiary/aromatic N) is 3. The fourth-order valence-electron chi connectivity index (χ4n) is 3.46. The number of methoxy groups -OCH3 is 3. The minimum atomic E-state index is -0.293. The molecular formula is C25H25FN6O3S. The van der Waals surface area contributed by atoms with Crippen molar-refractivity contribution in [3.63, 3.8) is 0 Å². The van der Waals surface area contributed by atoms with E-state index >= 15 is 0 Å². The molecule has 2 aromatic heterocycles. The van der Waals surface area contributed by atoms with Gasteiger partial charge in [-0.25, -0.2) is 19.3 Å². The highest BCUT2D eigenvalue weighted by Crippen LogP contribution is 2.38. The van der Waals surface area contributed by atoms with Crippen LogP contribution in [0, 0.1) is 5.82 Å². The molecule has 0 fully saturated rings. The number of thiocarbonyl (C=S) groups is 1. The number of ether oxygens (including phenoxy) is 3. The molecule has 2 heterocycles. The second-order valence-corrected chi connectivity index (χ2v) is 7.99. The number of pyridine rings is 1. The van der Waals surface area contributed by atoms with Crippen LogP contribution in [0.2, 0.25) is 0 Å². The van der Waals surface area contributed by atoms with Gasteiger partial charge >= 0.3 is 0 Å². The van der Waals surface area contributed by atoms with E-state index in [-0.39, 0.29) is 12.4 Å². The van der Waals surface area contributed by atoms with Gasteiger partial charge in [-0.3, -0.25) is 0 Å². The van der Waals surface area contributed by atoms with Crippen LogP contribution >= 0.6 is 12.2 Å². The monoisotopic (exact) mass is 508 g/mol. The predicted molar refractivity (Wildman–Crippen MR) is 140 cm³/mol. The Morgan fingerprint density at radius 3 is 2.33 bits per heavy atom. The lowest BCUT2D eigenvalue weighted by Gasteiger charge is -2.14. The van der Waals surface area contributed by atoms with Crippen molar-refractivity contribution in [3.8, 4) is 17.2 Å². The molecule has 0 spiro atoms. The van der Waals surface area contributed by atoms with E-state index in [1.807, 2.05) is 12.1 Å². The lowest BCUT2D eigenvalue weighted by molar-refractivity contribution is 0.324. The number of anilines is 2.